The van der Waals surface area contributed by atoms with Gasteiger partial charge in [-0.25, -0.2) is 23.1 Å². The molecule has 0 radical (unpaired) electrons. The van der Waals surface area contributed by atoms with Crippen molar-refractivity contribution >= 4 is 21.2 Å². The summed E-state index contributed by atoms with van der Waals surface area (Å²) in [6.07, 6.45) is -0.591. The summed E-state index contributed by atoms with van der Waals surface area (Å²) in [5.74, 6) is 0.252. The molecule has 28 heavy (non-hydrogen) atoms. The zero-order chi connectivity index (χ0) is 20.3. The molecule has 0 spiro atoms. The van der Waals surface area contributed by atoms with Gasteiger partial charge in [-0.1, -0.05) is 0 Å². The van der Waals surface area contributed by atoms with Crippen molar-refractivity contribution in [2.45, 2.75) is 29.8 Å². The minimum atomic E-state index is -4.55. The average molecular weight is 411 g/mol. The van der Waals surface area contributed by atoms with Crippen molar-refractivity contribution in [3.63, 3.8) is 0 Å². The van der Waals surface area contributed by atoms with Crippen molar-refractivity contribution < 1.29 is 21.6 Å². The molecule has 0 atom stereocenters. The highest BCUT2D eigenvalue weighted by atomic mass is 32.2. The number of pyridine rings is 2. The molecule has 0 amide bonds. The van der Waals surface area contributed by atoms with Gasteiger partial charge in [0.25, 0.3) is 0 Å². The van der Waals surface area contributed by atoms with E-state index in [1.807, 2.05) is 0 Å². The van der Waals surface area contributed by atoms with E-state index in [9.17, 15) is 21.6 Å². The minimum Gasteiger partial charge on any atom is -0.310 e. The van der Waals surface area contributed by atoms with Gasteiger partial charge in [0.15, 0.2) is 11.5 Å². The Balaban J connectivity index is 1.98. The number of nitrogens with zero attached hydrogens (tertiary/aromatic N) is 4. The van der Waals surface area contributed by atoms with Gasteiger partial charge in [0.1, 0.15) is 16.1 Å². The molecule has 1 fully saturated rings. The molecule has 3 aromatic rings. The molecule has 3 aromatic heterocycles. The Kier molecular flexibility index (Phi) is 4.19. The standard InChI is InChI=1S/C17H16F3N5O2S/c1-21-28(26,27)14-11(9-3-4-9)5-6-22-13(14)16-24-12-7-10(17(18,19)20)8-23-15(12)25(16)2/h5-9,21H,3-4H2,1-2H3. The SMILES string of the molecule is CNS(=O)(=O)c1c(C2CC2)ccnc1-c1nc2cc(C(F)(F)F)cnc2n1C. The van der Waals surface area contributed by atoms with Crippen LogP contribution in [0.3, 0.4) is 0 Å². The van der Waals surface area contributed by atoms with Gasteiger partial charge in [-0.2, -0.15) is 13.2 Å². The molecule has 148 valence electrons. The highest BCUT2D eigenvalue weighted by Crippen LogP contribution is 2.44. The molecule has 0 bridgehead atoms. The van der Waals surface area contributed by atoms with Gasteiger partial charge in [0.05, 0.1) is 5.56 Å². The number of sulfonamides is 1. The Hall–Kier alpha value is -2.53. The molecule has 1 aliphatic rings. The summed E-state index contributed by atoms with van der Waals surface area (Å²) in [6.45, 7) is 0. The fourth-order valence-corrected chi connectivity index (χ4v) is 4.31. The maximum Gasteiger partial charge on any atom is 0.417 e. The van der Waals surface area contributed by atoms with Gasteiger partial charge in [0, 0.05) is 19.4 Å². The lowest BCUT2D eigenvalue weighted by Crippen LogP contribution is -2.22. The van der Waals surface area contributed by atoms with Gasteiger partial charge < -0.3 is 4.57 Å². The first-order chi connectivity index (χ1) is 13.1. The highest BCUT2D eigenvalue weighted by molar-refractivity contribution is 7.89. The Morgan fingerprint density at radius 2 is 1.96 bits per heavy atom. The lowest BCUT2D eigenvalue weighted by atomic mass is 10.1. The predicted octanol–water partition coefficient (Wildman–Crippen LogP) is 2.83. The average Bonchev–Trinajstić information content (AvgIpc) is 3.44. The number of fused-ring (bicyclic) bond motifs is 1. The van der Waals surface area contributed by atoms with E-state index in [0.717, 1.165) is 25.1 Å². The van der Waals surface area contributed by atoms with Crippen molar-refractivity contribution in [2.75, 3.05) is 7.05 Å². The van der Waals surface area contributed by atoms with Gasteiger partial charge >= 0.3 is 6.18 Å². The summed E-state index contributed by atoms with van der Waals surface area (Å²) in [5, 5.41) is 0. The summed E-state index contributed by atoms with van der Waals surface area (Å²) in [5.41, 5.74) is 0.0174. The molecule has 11 heteroatoms. The summed E-state index contributed by atoms with van der Waals surface area (Å²) >= 11 is 0. The monoisotopic (exact) mass is 411 g/mol. The molecular weight excluding hydrogens is 395 g/mol. The number of alkyl halides is 3. The van der Waals surface area contributed by atoms with Gasteiger partial charge in [0.2, 0.25) is 10.0 Å². The number of imidazole rings is 1. The first-order valence-electron chi connectivity index (χ1n) is 8.46. The van der Waals surface area contributed by atoms with Crippen LogP contribution >= 0.6 is 0 Å². The quantitative estimate of drug-likeness (QED) is 0.713. The van der Waals surface area contributed by atoms with E-state index in [4.69, 9.17) is 0 Å². The third-order valence-corrected chi connectivity index (χ3v) is 6.24. The Labute approximate surface area is 158 Å². The van der Waals surface area contributed by atoms with E-state index >= 15 is 0 Å². The number of aromatic nitrogens is 4. The molecule has 7 nitrogen and oxygen atoms in total. The van der Waals surface area contributed by atoms with Crippen LogP contribution in [-0.4, -0.2) is 35.0 Å². The molecule has 1 N–H and O–H groups in total. The van der Waals surface area contributed by atoms with Crippen LogP contribution in [0.5, 0.6) is 0 Å². The predicted molar refractivity (Wildman–Crippen MR) is 95.0 cm³/mol. The summed E-state index contributed by atoms with van der Waals surface area (Å²) in [4.78, 5) is 12.3. The number of nitrogens with one attached hydrogen (secondary N) is 1. The Morgan fingerprint density at radius 1 is 1.25 bits per heavy atom. The number of halogens is 3. The van der Waals surface area contributed by atoms with Gasteiger partial charge in [-0.15, -0.1) is 0 Å². The maximum absolute atomic E-state index is 13.0. The second kappa shape index (κ2) is 6.24. The maximum atomic E-state index is 13.0. The smallest absolute Gasteiger partial charge is 0.310 e. The van der Waals surface area contributed by atoms with Crippen molar-refractivity contribution in [1.29, 1.82) is 0 Å². The van der Waals surface area contributed by atoms with Crippen LogP contribution in [0.2, 0.25) is 0 Å². The lowest BCUT2D eigenvalue weighted by Gasteiger charge is -2.13. The van der Waals surface area contributed by atoms with Crippen LogP contribution in [0.4, 0.5) is 13.2 Å². The minimum absolute atomic E-state index is 0.00875. The third-order valence-electron chi connectivity index (χ3n) is 4.74. The van der Waals surface area contributed by atoms with E-state index in [0.29, 0.717) is 5.56 Å². The highest BCUT2D eigenvalue weighted by Gasteiger charge is 2.35. The van der Waals surface area contributed by atoms with E-state index in [1.54, 1.807) is 13.1 Å². The van der Waals surface area contributed by atoms with Crippen molar-refractivity contribution in [3.05, 3.63) is 35.7 Å². The van der Waals surface area contributed by atoms with Crippen molar-refractivity contribution in [1.82, 2.24) is 24.2 Å². The van der Waals surface area contributed by atoms with Crippen LogP contribution in [0.25, 0.3) is 22.7 Å². The number of rotatable bonds is 4. The molecule has 3 heterocycles. The first-order valence-corrected chi connectivity index (χ1v) is 9.94. The van der Waals surface area contributed by atoms with Crippen molar-refractivity contribution in [3.8, 4) is 11.5 Å². The topological polar surface area (TPSA) is 89.8 Å². The Morgan fingerprint density at radius 3 is 2.57 bits per heavy atom. The largest absolute Gasteiger partial charge is 0.417 e. The summed E-state index contributed by atoms with van der Waals surface area (Å²) in [7, 11) is -1.00. The first kappa shape index (κ1) is 18.8. The number of hydrogen-bond acceptors (Lipinski definition) is 5. The second-order valence-electron chi connectivity index (χ2n) is 6.62. The van der Waals surface area contributed by atoms with Crippen molar-refractivity contribution in [2.24, 2.45) is 7.05 Å². The number of hydrogen-bond donors (Lipinski definition) is 1. The number of aryl methyl sites for hydroxylation is 1. The molecule has 1 saturated carbocycles. The van der Waals surface area contributed by atoms with Crippen LogP contribution < -0.4 is 4.72 Å². The van der Waals surface area contributed by atoms with Crippen LogP contribution in [0.1, 0.15) is 29.9 Å². The molecule has 0 aliphatic heterocycles. The van der Waals surface area contributed by atoms with Crippen LogP contribution in [0.15, 0.2) is 29.4 Å². The molecule has 4 rings (SSSR count). The lowest BCUT2D eigenvalue weighted by molar-refractivity contribution is -0.137. The molecule has 0 saturated heterocycles. The Bertz CT molecular complexity index is 1180. The molecule has 1 aliphatic carbocycles. The second-order valence-corrected chi connectivity index (χ2v) is 8.44. The molecule has 0 aromatic carbocycles. The van der Waals surface area contributed by atoms with Gasteiger partial charge in [-0.3, -0.25) is 4.98 Å². The van der Waals surface area contributed by atoms with Gasteiger partial charge in [-0.05, 0) is 43.5 Å². The van der Waals surface area contributed by atoms with E-state index in [1.165, 1.54) is 17.8 Å². The normalized spacial score (nSPS) is 15.3. The van der Waals surface area contributed by atoms with Crippen LogP contribution in [-0.2, 0) is 23.2 Å². The summed E-state index contributed by atoms with van der Waals surface area (Å²) < 4.78 is 68.1. The third kappa shape index (κ3) is 3.04. The molecular formula is C17H16F3N5O2S. The van der Waals surface area contributed by atoms with Crippen LogP contribution in [0, 0.1) is 0 Å². The van der Waals surface area contributed by atoms with E-state index in [2.05, 4.69) is 19.7 Å². The zero-order valence-electron chi connectivity index (χ0n) is 14.9. The van der Waals surface area contributed by atoms with E-state index < -0.39 is 21.8 Å². The summed E-state index contributed by atoms with van der Waals surface area (Å²) in [6, 6.07) is 2.55. The fourth-order valence-electron chi connectivity index (χ4n) is 3.17. The zero-order valence-corrected chi connectivity index (χ0v) is 15.8. The van der Waals surface area contributed by atoms with E-state index in [-0.39, 0.29) is 33.5 Å². The molecule has 0 unspecified atom stereocenters. The fraction of sp³-hybridized carbons (Fsp3) is 0.353.